The number of nitrogens with zero attached hydrogens (tertiary/aromatic N) is 2. The Hall–Kier alpha value is -1.94. The Balaban J connectivity index is 2.20. The highest BCUT2D eigenvalue weighted by Crippen LogP contribution is 2.13. The molecule has 0 saturated heterocycles. The van der Waals surface area contributed by atoms with E-state index in [-0.39, 0.29) is 11.6 Å². The average Bonchev–Trinajstić information content (AvgIpc) is 2.32. The highest BCUT2D eigenvalue weighted by molar-refractivity contribution is 5.24. The molecule has 17 heavy (non-hydrogen) atoms. The molecule has 0 aliphatic carbocycles. The van der Waals surface area contributed by atoms with Crippen LogP contribution in [0.3, 0.4) is 0 Å². The molecule has 0 radical (unpaired) electrons. The van der Waals surface area contributed by atoms with Crippen molar-refractivity contribution in [3.63, 3.8) is 0 Å². The summed E-state index contributed by atoms with van der Waals surface area (Å²) in [5.74, 6) is 0. The summed E-state index contributed by atoms with van der Waals surface area (Å²) in [7, 11) is 0. The topological polar surface area (TPSA) is 60.9 Å². The summed E-state index contributed by atoms with van der Waals surface area (Å²) in [5.41, 5.74) is 8.19. The van der Waals surface area contributed by atoms with Gasteiger partial charge in [-0.25, -0.2) is 4.98 Å². The lowest BCUT2D eigenvalue weighted by Crippen LogP contribution is -2.26. The third kappa shape index (κ3) is 2.79. The number of nitrogens with two attached hydrogens (primary N) is 1. The van der Waals surface area contributed by atoms with Gasteiger partial charge in [0.1, 0.15) is 0 Å². The second-order valence-corrected chi connectivity index (χ2v) is 4.09. The molecule has 1 aromatic heterocycles. The average molecular weight is 229 g/mol. The molecular formula is C13H15N3O. The van der Waals surface area contributed by atoms with Gasteiger partial charge in [0.25, 0.3) is 5.56 Å². The largest absolute Gasteiger partial charge is 0.322 e. The summed E-state index contributed by atoms with van der Waals surface area (Å²) >= 11 is 0. The Bertz CT molecular complexity index is 562. The van der Waals surface area contributed by atoms with E-state index in [1.165, 1.54) is 23.2 Å². The zero-order chi connectivity index (χ0) is 12.3. The van der Waals surface area contributed by atoms with Crippen molar-refractivity contribution in [2.75, 3.05) is 0 Å². The predicted octanol–water partition coefficient (Wildman–Crippen LogP) is 1.25. The Morgan fingerprint density at radius 1 is 1.41 bits per heavy atom. The monoisotopic (exact) mass is 229 g/mol. The van der Waals surface area contributed by atoms with Crippen molar-refractivity contribution in [1.29, 1.82) is 0 Å². The van der Waals surface area contributed by atoms with Crippen LogP contribution in [0.15, 0.2) is 47.7 Å². The molecule has 1 atom stereocenters. The molecule has 0 saturated carbocycles. The van der Waals surface area contributed by atoms with Gasteiger partial charge < -0.3 is 5.73 Å². The summed E-state index contributed by atoms with van der Waals surface area (Å²) in [6, 6.07) is 9.23. The molecule has 4 nitrogen and oxygen atoms in total. The van der Waals surface area contributed by atoms with Crippen molar-refractivity contribution < 1.29 is 0 Å². The van der Waals surface area contributed by atoms with Gasteiger partial charge in [-0.2, -0.15) is 0 Å². The molecule has 2 N–H and O–H groups in total. The molecule has 0 bridgehead atoms. The van der Waals surface area contributed by atoms with E-state index in [2.05, 4.69) is 4.98 Å². The van der Waals surface area contributed by atoms with E-state index in [1.807, 2.05) is 31.2 Å². The van der Waals surface area contributed by atoms with Crippen molar-refractivity contribution >= 4 is 0 Å². The Kier molecular flexibility index (Phi) is 3.35. The first-order chi connectivity index (χ1) is 8.16. The summed E-state index contributed by atoms with van der Waals surface area (Å²) in [6.07, 6.45) is 3.00. The van der Waals surface area contributed by atoms with Crippen LogP contribution in [0.2, 0.25) is 0 Å². The number of aromatic nitrogens is 2. The lowest BCUT2D eigenvalue weighted by molar-refractivity contribution is 0.554. The minimum atomic E-state index is -0.197. The molecule has 1 aromatic carbocycles. The van der Waals surface area contributed by atoms with Crippen LogP contribution in [0.25, 0.3) is 0 Å². The number of hydrogen-bond acceptors (Lipinski definition) is 3. The molecular weight excluding hydrogens is 214 g/mol. The molecule has 4 heteroatoms. The van der Waals surface area contributed by atoms with Crippen LogP contribution in [0, 0.1) is 6.92 Å². The van der Waals surface area contributed by atoms with Crippen LogP contribution in [0.5, 0.6) is 0 Å². The van der Waals surface area contributed by atoms with E-state index in [0.717, 1.165) is 11.1 Å². The number of benzene rings is 1. The van der Waals surface area contributed by atoms with E-state index in [1.54, 1.807) is 0 Å². The van der Waals surface area contributed by atoms with Gasteiger partial charge in [0.15, 0.2) is 0 Å². The maximum Gasteiger partial charge on any atom is 0.253 e. The zero-order valence-electron chi connectivity index (χ0n) is 9.71. The normalized spacial score (nSPS) is 12.4. The molecule has 1 unspecified atom stereocenters. The first-order valence-electron chi connectivity index (χ1n) is 5.49. The summed E-state index contributed by atoms with van der Waals surface area (Å²) in [5, 5.41) is 0. The van der Waals surface area contributed by atoms with E-state index in [0.29, 0.717) is 6.54 Å². The number of hydrogen-bond donors (Lipinski definition) is 1. The summed E-state index contributed by atoms with van der Waals surface area (Å²) in [4.78, 5) is 15.4. The third-order valence-electron chi connectivity index (χ3n) is 2.66. The van der Waals surface area contributed by atoms with Gasteiger partial charge in [-0.05, 0) is 12.5 Å². The van der Waals surface area contributed by atoms with Crippen LogP contribution < -0.4 is 11.3 Å². The van der Waals surface area contributed by atoms with Crippen LogP contribution in [-0.2, 0) is 6.54 Å². The molecule has 0 fully saturated rings. The van der Waals surface area contributed by atoms with E-state index < -0.39 is 0 Å². The Labute approximate surface area is 99.7 Å². The first-order valence-corrected chi connectivity index (χ1v) is 5.49. The van der Waals surface area contributed by atoms with E-state index in [4.69, 9.17) is 5.73 Å². The standard InChI is InChI=1S/C13H15N3O/c1-10-3-2-4-11(7-10)12(14)8-16-9-15-6-5-13(16)17/h2-7,9,12H,8,14H2,1H3. The van der Waals surface area contributed by atoms with Crippen LogP contribution in [0.1, 0.15) is 17.2 Å². The van der Waals surface area contributed by atoms with Crippen LogP contribution in [-0.4, -0.2) is 9.55 Å². The molecule has 0 aliphatic rings. The molecule has 2 rings (SSSR count). The SMILES string of the molecule is Cc1cccc(C(N)Cn2cnccc2=O)c1. The fourth-order valence-electron chi connectivity index (χ4n) is 1.73. The highest BCUT2D eigenvalue weighted by Gasteiger charge is 2.07. The zero-order valence-corrected chi connectivity index (χ0v) is 9.71. The van der Waals surface area contributed by atoms with Crippen LogP contribution in [0.4, 0.5) is 0 Å². The van der Waals surface area contributed by atoms with Gasteiger partial charge >= 0.3 is 0 Å². The molecule has 0 amide bonds. The molecule has 0 spiro atoms. The van der Waals surface area contributed by atoms with Crippen molar-refractivity contribution in [1.82, 2.24) is 9.55 Å². The van der Waals surface area contributed by atoms with Crippen molar-refractivity contribution in [2.45, 2.75) is 19.5 Å². The molecule has 2 aromatic rings. The fraction of sp³-hybridized carbons (Fsp3) is 0.231. The van der Waals surface area contributed by atoms with Gasteiger partial charge in [0.2, 0.25) is 0 Å². The lowest BCUT2D eigenvalue weighted by atomic mass is 10.1. The molecule has 0 aliphatic heterocycles. The third-order valence-corrected chi connectivity index (χ3v) is 2.66. The highest BCUT2D eigenvalue weighted by atomic mass is 16.1. The van der Waals surface area contributed by atoms with Crippen LogP contribution >= 0.6 is 0 Å². The minimum absolute atomic E-state index is 0.0805. The first kappa shape index (κ1) is 11.5. The van der Waals surface area contributed by atoms with Gasteiger partial charge in [-0.1, -0.05) is 29.8 Å². The second-order valence-electron chi connectivity index (χ2n) is 4.09. The van der Waals surface area contributed by atoms with Gasteiger partial charge in [-0.3, -0.25) is 9.36 Å². The fourth-order valence-corrected chi connectivity index (χ4v) is 1.73. The summed E-state index contributed by atoms with van der Waals surface area (Å²) < 4.78 is 1.52. The Morgan fingerprint density at radius 2 is 2.24 bits per heavy atom. The van der Waals surface area contributed by atoms with Gasteiger partial charge in [0, 0.05) is 24.8 Å². The van der Waals surface area contributed by atoms with E-state index in [9.17, 15) is 4.79 Å². The summed E-state index contributed by atoms with van der Waals surface area (Å²) in [6.45, 7) is 2.46. The quantitative estimate of drug-likeness (QED) is 0.861. The van der Waals surface area contributed by atoms with Crippen molar-refractivity contribution in [3.8, 4) is 0 Å². The van der Waals surface area contributed by atoms with Gasteiger partial charge in [-0.15, -0.1) is 0 Å². The smallest absolute Gasteiger partial charge is 0.253 e. The number of rotatable bonds is 3. The molecule has 1 heterocycles. The molecule has 88 valence electrons. The maximum absolute atomic E-state index is 11.5. The maximum atomic E-state index is 11.5. The second kappa shape index (κ2) is 4.93. The lowest BCUT2D eigenvalue weighted by Gasteiger charge is -2.13. The predicted molar refractivity (Wildman–Crippen MR) is 66.6 cm³/mol. The minimum Gasteiger partial charge on any atom is -0.322 e. The van der Waals surface area contributed by atoms with Crippen molar-refractivity contribution in [3.05, 3.63) is 64.3 Å². The van der Waals surface area contributed by atoms with Gasteiger partial charge in [0.05, 0.1) is 6.33 Å². The van der Waals surface area contributed by atoms with Crippen molar-refractivity contribution in [2.24, 2.45) is 5.73 Å². The van der Waals surface area contributed by atoms with E-state index >= 15 is 0 Å². The Morgan fingerprint density at radius 3 is 2.94 bits per heavy atom. The number of aryl methyl sites for hydroxylation is 1.